The van der Waals surface area contributed by atoms with E-state index in [0.29, 0.717) is 5.91 Å². The lowest BCUT2D eigenvalue weighted by molar-refractivity contribution is -0.137. The third-order valence-corrected chi connectivity index (χ3v) is 5.37. The molecule has 2 atom stereocenters. The molecular weight excluding hydrogens is 278 g/mol. The number of aliphatic hydroxyl groups is 1. The molecule has 2 saturated heterocycles. The van der Waals surface area contributed by atoms with E-state index in [0.717, 1.165) is 58.5 Å². The molecule has 0 spiro atoms. The van der Waals surface area contributed by atoms with Crippen LogP contribution in [0, 0.1) is 0 Å². The van der Waals surface area contributed by atoms with E-state index < -0.39 is 0 Å². The zero-order valence-corrected chi connectivity index (χ0v) is 14.3. The molecule has 2 rings (SSSR count). The van der Waals surface area contributed by atoms with Gasteiger partial charge < -0.3 is 10.0 Å². The molecule has 2 aliphatic heterocycles. The van der Waals surface area contributed by atoms with Crippen LogP contribution in [0.3, 0.4) is 0 Å². The highest BCUT2D eigenvalue weighted by molar-refractivity contribution is 5.81. The molecule has 0 aliphatic carbocycles. The van der Waals surface area contributed by atoms with Crippen LogP contribution < -0.4 is 0 Å². The van der Waals surface area contributed by atoms with Gasteiger partial charge in [-0.15, -0.1) is 0 Å². The minimum atomic E-state index is -0.00514. The summed E-state index contributed by atoms with van der Waals surface area (Å²) in [6.45, 7) is 10.1. The van der Waals surface area contributed by atoms with Gasteiger partial charge in [-0.3, -0.25) is 14.6 Å². The second-order valence-electron chi connectivity index (χ2n) is 6.73. The molecule has 0 aromatic rings. The second-order valence-corrected chi connectivity index (χ2v) is 6.73. The molecule has 128 valence electrons. The zero-order valence-electron chi connectivity index (χ0n) is 14.3. The Bertz CT molecular complexity index is 331. The summed E-state index contributed by atoms with van der Waals surface area (Å²) in [7, 11) is 0. The molecule has 5 heteroatoms. The number of rotatable bonds is 5. The molecule has 0 bridgehead atoms. The van der Waals surface area contributed by atoms with Gasteiger partial charge in [0.15, 0.2) is 0 Å². The van der Waals surface area contributed by atoms with Crippen LogP contribution in [-0.4, -0.2) is 83.7 Å². The van der Waals surface area contributed by atoms with Crippen LogP contribution in [-0.2, 0) is 4.79 Å². The molecule has 22 heavy (non-hydrogen) atoms. The highest BCUT2D eigenvalue weighted by atomic mass is 16.3. The number of carbonyl (C=O) groups is 1. The maximum atomic E-state index is 12.7. The summed E-state index contributed by atoms with van der Waals surface area (Å²) in [5.41, 5.74) is 0. The van der Waals surface area contributed by atoms with Gasteiger partial charge in [0.2, 0.25) is 5.91 Å². The summed E-state index contributed by atoms with van der Waals surface area (Å²) in [5.74, 6) is 0.310. The van der Waals surface area contributed by atoms with E-state index in [-0.39, 0.29) is 18.7 Å². The lowest BCUT2D eigenvalue weighted by Gasteiger charge is -2.41. The van der Waals surface area contributed by atoms with Crippen molar-refractivity contribution in [3.05, 3.63) is 0 Å². The normalized spacial score (nSPS) is 24.8. The van der Waals surface area contributed by atoms with Crippen molar-refractivity contribution in [1.82, 2.24) is 14.7 Å². The summed E-state index contributed by atoms with van der Waals surface area (Å²) in [6.07, 6.45) is 5.81. The van der Waals surface area contributed by atoms with Crippen LogP contribution in [0.5, 0.6) is 0 Å². The van der Waals surface area contributed by atoms with Crippen molar-refractivity contribution in [3.8, 4) is 0 Å². The first kappa shape index (κ1) is 17.7. The lowest BCUT2D eigenvalue weighted by Crippen LogP contribution is -2.56. The van der Waals surface area contributed by atoms with Gasteiger partial charge in [-0.25, -0.2) is 0 Å². The third-order valence-electron chi connectivity index (χ3n) is 5.37. The fourth-order valence-electron chi connectivity index (χ4n) is 3.70. The number of nitrogens with zero attached hydrogens (tertiary/aromatic N) is 3. The number of aliphatic hydroxyl groups excluding tert-OH is 1. The Kier molecular flexibility index (Phi) is 7.12. The molecule has 2 aliphatic rings. The molecule has 1 N–H and O–H groups in total. The summed E-state index contributed by atoms with van der Waals surface area (Å²) >= 11 is 0. The molecule has 0 saturated carbocycles. The van der Waals surface area contributed by atoms with Crippen molar-refractivity contribution in [1.29, 1.82) is 0 Å². The fraction of sp³-hybridized carbons (Fsp3) is 0.941. The maximum absolute atomic E-state index is 12.7. The molecular formula is C17H33N3O2. The van der Waals surface area contributed by atoms with Gasteiger partial charge in [0, 0.05) is 45.3 Å². The molecule has 5 nitrogen and oxygen atoms in total. The monoisotopic (exact) mass is 311 g/mol. The van der Waals surface area contributed by atoms with E-state index in [4.69, 9.17) is 0 Å². The Labute approximate surface area is 135 Å². The predicted molar refractivity (Wildman–Crippen MR) is 88.8 cm³/mol. The number of hydrogen-bond acceptors (Lipinski definition) is 4. The van der Waals surface area contributed by atoms with Crippen LogP contribution >= 0.6 is 0 Å². The van der Waals surface area contributed by atoms with Gasteiger partial charge in [-0.1, -0.05) is 19.8 Å². The Balaban J connectivity index is 1.83. The first-order valence-corrected chi connectivity index (χ1v) is 9.05. The van der Waals surface area contributed by atoms with Crippen LogP contribution in [0.1, 0.15) is 46.0 Å². The van der Waals surface area contributed by atoms with Crippen molar-refractivity contribution in [2.24, 2.45) is 0 Å². The topological polar surface area (TPSA) is 47.0 Å². The summed E-state index contributed by atoms with van der Waals surface area (Å²) in [6, 6.07) is 0.271. The van der Waals surface area contributed by atoms with Gasteiger partial charge >= 0.3 is 0 Å². The molecule has 0 aromatic heterocycles. The Morgan fingerprint density at radius 1 is 0.955 bits per heavy atom. The number of piperazine rings is 1. The second kappa shape index (κ2) is 8.85. The minimum Gasteiger partial charge on any atom is -0.395 e. The molecule has 2 fully saturated rings. The van der Waals surface area contributed by atoms with Gasteiger partial charge in [-0.05, 0) is 26.2 Å². The average molecular weight is 311 g/mol. The van der Waals surface area contributed by atoms with E-state index in [2.05, 4.69) is 28.5 Å². The number of carbonyl (C=O) groups excluding carboxylic acids is 1. The number of hydrogen-bond donors (Lipinski definition) is 1. The van der Waals surface area contributed by atoms with Crippen molar-refractivity contribution in [2.75, 3.05) is 45.9 Å². The van der Waals surface area contributed by atoms with Crippen LogP contribution in [0.4, 0.5) is 0 Å². The zero-order chi connectivity index (χ0) is 15.9. The first-order chi connectivity index (χ1) is 10.7. The predicted octanol–water partition coefficient (Wildman–Crippen LogP) is 1.17. The average Bonchev–Trinajstić information content (AvgIpc) is 2.84. The molecule has 2 unspecified atom stereocenters. The third kappa shape index (κ3) is 4.43. The summed E-state index contributed by atoms with van der Waals surface area (Å²) in [5, 5.41) is 9.42. The molecule has 1 amide bonds. The fourth-order valence-corrected chi connectivity index (χ4v) is 3.70. The van der Waals surface area contributed by atoms with E-state index in [9.17, 15) is 9.90 Å². The Morgan fingerprint density at radius 3 is 2.00 bits per heavy atom. The molecule has 0 radical (unpaired) electrons. The Hall–Kier alpha value is -0.650. The van der Waals surface area contributed by atoms with Crippen LogP contribution in [0.15, 0.2) is 0 Å². The van der Waals surface area contributed by atoms with Crippen molar-refractivity contribution in [3.63, 3.8) is 0 Å². The smallest absolute Gasteiger partial charge is 0.239 e. The maximum Gasteiger partial charge on any atom is 0.239 e. The summed E-state index contributed by atoms with van der Waals surface area (Å²) in [4.78, 5) is 19.5. The molecule has 2 heterocycles. The number of likely N-dealkylation sites (tertiary alicyclic amines) is 1. The van der Waals surface area contributed by atoms with Crippen LogP contribution in [0.2, 0.25) is 0 Å². The highest BCUT2D eigenvalue weighted by Crippen LogP contribution is 2.15. The molecule has 0 aromatic carbocycles. The van der Waals surface area contributed by atoms with E-state index in [1.807, 2.05) is 0 Å². The van der Waals surface area contributed by atoms with Crippen molar-refractivity contribution >= 4 is 5.91 Å². The standard InChI is InChI=1S/C17H33N3O2/c1-3-16(14-21)19-12-10-18(11-13-19)15(2)17(22)20-8-6-4-5-7-9-20/h15-16,21H,3-14H2,1-2H3. The van der Waals surface area contributed by atoms with Gasteiger partial charge in [0.25, 0.3) is 0 Å². The first-order valence-electron chi connectivity index (χ1n) is 9.05. The van der Waals surface area contributed by atoms with Crippen molar-refractivity contribution in [2.45, 2.75) is 58.0 Å². The quantitative estimate of drug-likeness (QED) is 0.828. The van der Waals surface area contributed by atoms with Gasteiger partial charge in [0.05, 0.1) is 12.6 Å². The van der Waals surface area contributed by atoms with E-state index in [1.165, 1.54) is 12.8 Å². The van der Waals surface area contributed by atoms with Gasteiger partial charge in [0.1, 0.15) is 0 Å². The minimum absolute atomic E-state index is 0.00514. The van der Waals surface area contributed by atoms with Gasteiger partial charge in [-0.2, -0.15) is 0 Å². The van der Waals surface area contributed by atoms with Crippen LogP contribution in [0.25, 0.3) is 0 Å². The van der Waals surface area contributed by atoms with E-state index in [1.54, 1.807) is 0 Å². The largest absolute Gasteiger partial charge is 0.395 e. The number of amides is 1. The summed E-state index contributed by atoms with van der Waals surface area (Å²) < 4.78 is 0. The Morgan fingerprint density at radius 2 is 1.50 bits per heavy atom. The SMILES string of the molecule is CCC(CO)N1CCN(C(C)C(=O)N2CCCCCC2)CC1. The lowest BCUT2D eigenvalue weighted by atomic mass is 10.1. The van der Waals surface area contributed by atoms with E-state index >= 15 is 0 Å². The van der Waals surface area contributed by atoms with Crippen molar-refractivity contribution < 1.29 is 9.90 Å². The highest BCUT2D eigenvalue weighted by Gasteiger charge is 2.30.